The zero-order chi connectivity index (χ0) is 11.3. The van der Waals surface area contributed by atoms with E-state index in [-0.39, 0.29) is 5.82 Å². The van der Waals surface area contributed by atoms with Gasteiger partial charge in [-0.15, -0.1) is 0 Å². The molecule has 15 heavy (non-hydrogen) atoms. The molecule has 0 aliphatic heterocycles. The van der Waals surface area contributed by atoms with Gasteiger partial charge in [-0.05, 0) is 30.7 Å². The maximum Gasteiger partial charge on any atom is 0.123 e. The highest BCUT2D eigenvalue weighted by Crippen LogP contribution is 2.26. The molecule has 0 aliphatic carbocycles. The standard InChI is InChI=1S/C13H20FN/c1-4-10(5-2)13(15-3)11-6-8-12(14)9-7-11/h6-10,13,15H,4-5H2,1-3H3. The molecule has 1 unspecified atom stereocenters. The molecule has 0 saturated carbocycles. The fourth-order valence-corrected chi connectivity index (χ4v) is 2.10. The van der Waals surface area contributed by atoms with E-state index >= 15 is 0 Å². The van der Waals surface area contributed by atoms with Gasteiger partial charge in [0.15, 0.2) is 0 Å². The summed E-state index contributed by atoms with van der Waals surface area (Å²) in [6.07, 6.45) is 2.28. The van der Waals surface area contributed by atoms with Gasteiger partial charge in [-0.25, -0.2) is 4.39 Å². The van der Waals surface area contributed by atoms with E-state index in [4.69, 9.17) is 0 Å². The van der Waals surface area contributed by atoms with Gasteiger partial charge in [-0.2, -0.15) is 0 Å². The molecular weight excluding hydrogens is 189 g/mol. The van der Waals surface area contributed by atoms with Gasteiger partial charge in [0.1, 0.15) is 5.82 Å². The largest absolute Gasteiger partial charge is 0.313 e. The number of rotatable bonds is 5. The van der Waals surface area contributed by atoms with Gasteiger partial charge < -0.3 is 5.32 Å². The van der Waals surface area contributed by atoms with E-state index in [0.717, 1.165) is 12.8 Å². The zero-order valence-electron chi connectivity index (χ0n) is 9.76. The normalized spacial score (nSPS) is 13.1. The van der Waals surface area contributed by atoms with E-state index in [0.29, 0.717) is 12.0 Å². The van der Waals surface area contributed by atoms with Crippen LogP contribution >= 0.6 is 0 Å². The second-order valence-corrected chi connectivity index (χ2v) is 3.89. The fourth-order valence-electron chi connectivity index (χ4n) is 2.10. The van der Waals surface area contributed by atoms with Gasteiger partial charge in [0.25, 0.3) is 0 Å². The Morgan fingerprint density at radius 3 is 2.07 bits per heavy atom. The second-order valence-electron chi connectivity index (χ2n) is 3.89. The summed E-state index contributed by atoms with van der Waals surface area (Å²) in [5.74, 6) is 0.443. The summed E-state index contributed by atoms with van der Waals surface area (Å²) in [7, 11) is 1.96. The van der Waals surface area contributed by atoms with E-state index in [1.807, 2.05) is 19.2 Å². The van der Waals surface area contributed by atoms with Crippen molar-refractivity contribution in [2.24, 2.45) is 5.92 Å². The molecule has 0 bridgehead atoms. The van der Waals surface area contributed by atoms with Crippen LogP contribution in [0.3, 0.4) is 0 Å². The third-order valence-corrected chi connectivity index (χ3v) is 3.06. The molecule has 0 heterocycles. The molecule has 1 aromatic rings. The maximum atomic E-state index is 12.8. The van der Waals surface area contributed by atoms with Crippen LogP contribution in [-0.2, 0) is 0 Å². The number of hydrogen-bond acceptors (Lipinski definition) is 1. The Bertz CT molecular complexity index is 277. The Morgan fingerprint density at radius 2 is 1.67 bits per heavy atom. The topological polar surface area (TPSA) is 12.0 Å². The molecule has 0 aliphatic rings. The lowest BCUT2D eigenvalue weighted by molar-refractivity contribution is 0.359. The lowest BCUT2D eigenvalue weighted by Crippen LogP contribution is -2.24. The lowest BCUT2D eigenvalue weighted by atomic mass is 9.89. The van der Waals surface area contributed by atoms with Crippen LogP contribution in [0.1, 0.15) is 38.3 Å². The Labute approximate surface area is 91.7 Å². The third-order valence-electron chi connectivity index (χ3n) is 3.06. The molecule has 0 spiro atoms. The molecule has 0 fully saturated rings. The molecule has 0 aromatic heterocycles. The molecule has 0 radical (unpaired) electrons. The first-order chi connectivity index (χ1) is 7.22. The van der Waals surface area contributed by atoms with Crippen molar-refractivity contribution in [2.75, 3.05) is 7.05 Å². The zero-order valence-corrected chi connectivity index (χ0v) is 9.76. The monoisotopic (exact) mass is 209 g/mol. The van der Waals surface area contributed by atoms with Crippen LogP contribution in [0, 0.1) is 11.7 Å². The Hall–Kier alpha value is -0.890. The van der Waals surface area contributed by atoms with Crippen molar-refractivity contribution in [1.82, 2.24) is 5.32 Å². The Kier molecular flexibility index (Phi) is 4.76. The first-order valence-electron chi connectivity index (χ1n) is 5.65. The highest BCUT2D eigenvalue weighted by atomic mass is 19.1. The Morgan fingerprint density at radius 1 is 1.13 bits per heavy atom. The van der Waals surface area contributed by atoms with Crippen molar-refractivity contribution in [1.29, 1.82) is 0 Å². The van der Waals surface area contributed by atoms with Crippen LogP contribution in [-0.4, -0.2) is 7.05 Å². The summed E-state index contributed by atoms with van der Waals surface area (Å²) in [4.78, 5) is 0. The molecule has 1 N–H and O–H groups in total. The highest BCUT2D eigenvalue weighted by molar-refractivity contribution is 5.20. The van der Waals surface area contributed by atoms with Crippen LogP contribution < -0.4 is 5.32 Å². The van der Waals surface area contributed by atoms with Gasteiger partial charge in [0.2, 0.25) is 0 Å². The molecule has 1 aromatic carbocycles. The summed E-state index contributed by atoms with van der Waals surface area (Å²) < 4.78 is 12.8. The fraction of sp³-hybridized carbons (Fsp3) is 0.538. The smallest absolute Gasteiger partial charge is 0.123 e. The van der Waals surface area contributed by atoms with Crippen molar-refractivity contribution >= 4 is 0 Å². The van der Waals surface area contributed by atoms with Crippen LogP contribution in [0.5, 0.6) is 0 Å². The average molecular weight is 209 g/mol. The van der Waals surface area contributed by atoms with E-state index in [2.05, 4.69) is 19.2 Å². The molecule has 84 valence electrons. The predicted molar refractivity (Wildman–Crippen MR) is 62.3 cm³/mol. The lowest BCUT2D eigenvalue weighted by Gasteiger charge is -2.25. The summed E-state index contributed by atoms with van der Waals surface area (Å²) in [6, 6.07) is 7.13. The average Bonchev–Trinajstić information content (AvgIpc) is 2.27. The minimum Gasteiger partial charge on any atom is -0.313 e. The SMILES string of the molecule is CCC(CC)C(NC)c1ccc(F)cc1. The van der Waals surface area contributed by atoms with Crippen LogP contribution in [0.4, 0.5) is 4.39 Å². The highest BCUT2D eigenvalue weighted by Gasteiger charge is 2.18. The molecular formula is C13H20FN. The van der Waals surface area contributed by atoms with E-state index in [1.54, 1.807) is 0 Å². The summed E-state index contributed by atoms with van der Waals surface area (Å²) in [5.41, 5.74) is 1.17. The van der Waals surface area contributed by atoms with E-state index < -0.39 is 0 Å². The van der Waals surface area contributed by atoms with E-state index in [9.17, 15) is 4.39 Å². The van der Waals surface area contributed by atoms with Gasteiger partial charge in [0.05, 0.1) is 0 Å². The molecule has 1 rings (SSSR count). The summed E-state index contributed by atoms with van der Waals surface area (Å²) in [5, 5.41) is 3.32. The van der Waals surface area contributed by atoms with Gasteiger partial charge in [0, 0.05) is 6.04 Å². The second kappa shape index (κ2) is 5.86. The molecule has 0 amide bonds. The summed E-state index contributed by atoms with van der Waals surface area (Å²) >= 11 is 0. The van der Waals surface area contributed by atoms with Crippen molar-refractivity contribution in [3.63, 3.8) is 0 Å². The van der Waals surface area contributed by atoms with Crippen molar-refractivity contribution < 1.29 is 4.39 Å². The number of benzene rings is 1. The van der Waals surface area contributed by atoms with Crippen LogP contribution in [0.15, 0.2) is 24.3 Å². The molecule has 1 atom stereocenters. The number of hydrogen-bond donors (Lipinski definition) is 1. The maximum absolute atomic E-state index is 12.8. The third kappa shape index (κ3) is 3.03. The number of halogens is 1. The van der Waals surface area contributed by atoms with Gasteiger partial charge in [-0.1, -0.05) is 38.8 Å². The summed E-state index contributed by atoms with van der Waals surface area (Å²) in [6.45, 7) is 4.39. The first kappa shape index (κ1) is 12.2. The van der Waals surface area contributed by atoms with Gasteiger partial charge >= 0.3 is 0 Å². The molecule has 0 saturated heterocycles. The molecule has 2 heteroatoms. The van der Waals surface area contributed by atoms with Crippen molar-refractivity contribution in [3.05, 3.63) is 35.6 Å². The predicted octanol–water partition coefficient (Wildman–Crippen LogP) is 3.52. The van der Waals surface area contributed by atoms with Gasteiger partial charge in [-0.3, -0.25) is 0 Å². The van der Waals surface area contributed by atoms with Crippen molar-refractivity contribution in [3.8, 4) is 0 Å². The first-order valence-corrected chi connectivity index (χ1v) is 5.65. The van der Waals surface area contributed by atoms with Crippen LogP contribution in [0.2, 0.25) is 0 Å². The molecule has 1 nitrogen and oxygen atoms in total. The Balaban J connectivity index is 2.86. The minimum atomic E-state index is -0.168. The van der Waals surface area contributed by atoms with Crippen molar-refractivity contribution in [2.45, 2.75) is 32.7 Å². The van der Waals surface area contributed by atoms with Crippen LogP contribution in [0.25, 0.3) is 0 Å². The minimum absolute atomic E-state index is 0.168. The number of nitrogens with one attached hydrogen (secondary N) is 1. The quantitative estimate of drug-likeness (QED) is 0.782. The van der Waals surface area contributed by atoms with E-state index in [1.165, 1.54) is 17.7 Å².